The molecule has 5 heteroatoms. The number of rotatable bonds is 4. The fraction of sp³-hybridized carbons (Fsp3) is 0.933. The third-order valence-corrected chi connectivity index (χ3v) is 4.68. The zero-order valence-electron chi connectivity index (χ0n) is 13.2. The number of carbonyl (C=O) groups excluding carboxylic acids is 1. The van der Waals surface area contributed by atoms with Gasteiger partial charge in [-0.15, -0.1) is 0 Å². The summed E-state index contributed by atoms with van der Waals surface area (Å²) in [5.41, 5.74) is 0.0333. The van der Waals surface area contributed by atoms with Gasteiger partial charge in [-0.3, -0.25) is 9.69 Å². The Kier molecular flexibility index (Phi) is 5.41. The molecule has 2 heterocycles. The summed E-state index contributed by atoms with van der Waals surface area (Å²) < 4.78 is 0. The van der Waals surface area contributed by atoms with E-state index in [0.29, 0.717) is 0 Å². The SMILES string of the molecule is CN1CCN(C(C)(C)CNC(=O)[C@H]2CCCCN2)CC1. The van der Waals surface area contributed by atoms with Crippen molar-refractivity contribution in [2.24, 2.45) is 0 Å². The van der Waals surface area contributed by atoms with Gasteiger partial charge >= 0.3 is 0 Å². The van der Waals surface area contributed by atoms with E-state index in [0.717, 1.165) is 52.1 Å². The van der Waals surface area contributed by atoms with Gasteiger partial charge < -0.3 is 15.5 Å². The maximum Gasteiger partial charge on any atom is 0.237 e. The van der Waals surface area contributed by atoms with Crippen LogP contribution in [0.5, 0.6) is 0 Å². The number of nitrogens with one attached hydrogen (secondary N) is 2. The number of hydrogen-bond donors (Lipinski definition) is 2. The van der Waals surface area contributed by atoms with E-state index in [4.69, 9.17) is 0 Å². The molecule has 2 N–H and O–H groups in total. The molecule has 116 valence electrons. The summed E-state index contributed by atoms with van der Waals surface area (Å²) in [5, 5.41) is 6.45. The van der Waals surface area contributed by atoms with Gasteiger partial charge in [-0.2, -0.15) is 0 Å². The molecule has 2 aliphatic rings. The largest absolute Gasteiger partial charge is 0.353 e. The van der Waals surface area contributed by atoms with Crippen LogP contribution in [0.1, 0.15) is 33.1 Å². The number of hydrogen-bond acceptors (Lipinski definition) is 4. The van der Waals surface area contributed by atoms with Gasteiger partial charge in [-0.1, -0.05) is 6.42 Å². The molecule has 2 fully saturated rings. The number of nitrogens with zero attached hydrogens (tertiary/aromatic N) is 2. The number of carbonyl (C=O) groups is 1. The molecule has 1 atom stereocenters. The van der Waals surface area contributed by atoms with Crippen LogP contribution in [0.2, 0.25) is 0 Å². The van der Waals surface area contributed by atoms with E-state index in [1.165, 1.54) is 6.42 Å². The number of piperidine rings is 1. The summed E-state index contributed by atoms with van der Waals surface area (Å²) in [4.78, 5) is 17.0. The Balaban J connectivity index is 1.77. The van der Waals surface area contributed by atoms with Gasteiger partial charge in [0.15, 0.2) is 0 Å². The lowest BCUT2D eigenvalue weighted by atomic mass is 10.00. The minimum absolute atomic E-state index is 0.0204. The lowest BCUT2D eigenvalue weighted by molar-refractivity contribution is -0.124. The van der Waals surface area contributed by atoms with Crippen molar-refractivity contribution in [1.29, 1.82) is 0 Å². The van der Waals surface area contributed by atoms with Gasteiger partial charge in [0, 0.05) is 38.3 Å². The highest BCUT2D eigenvalue weighted by Gasteiger charge is 2.30. The zero-order valence-corrected chi connectivity index (χ0v) is 13.2. The van der Waals surface area contributed by atoms with Crippen LogP contribution < -0.4 is 10.6 Å². The van der Waals surface area contributed by atoms with Crippen molar-refractivity contribution in [3.63, 3.8) is 0 Å². The molecule has 0 spiro atoms. The van der Waals surface area contributed by atoms with E-state index >= 15 is 0 Å². The molecule has 0 aliphatic carbocycles. The van der Waals surface area contributed by atoms with E-state index in [9.17, 15) is 4.79 Å². The second-order valence-electron chi connectivity index (χ2n) is 6.82. The third-order valence-electron chi connectivity index (χ3n) is 4.68. The van der Waals surface area contributed by atoms with Crippen LogP contribution in [0.15, 0.2) is 0 Å². The Labute approximate surface area is 123 Å². The topological polar surface area (TPSA) is 47.6 Å². The fourth-order valence-electron chi connectivity index (χ4n) is 3.03. The average Bonchev–Trinajstić information content (AvgIpc) is 2.46. The van der Waals surface area contributed by atoms with Gasteiger partial charge in [0.1, 0.15) is 0 Å². The lowest BCUT2D eigenvalue weighted by Crippen LogP contribution is -2.59. The molecule has 0 radical (unpaired) electrons. The highest BCUT2D eigenvalue weighted by Crippen LogP contribution is 2.16. The zero-order chi connectivity index (χ0) is 14.6. The van der Waals surface area contributed by atoms with Gasteiger partial charge in [0.05, 0.1) is 6.04 Å². The molecular weight excluding hydrogens is 252 g/mol. The maximum absolute atomic E-state index is 12.2. The van der Waals surface area contributed by atoms with Gasteiger partial charge in [0.25, 0.3) is 0 Å². The number of likely N-dealkylation sites (N-methyl/N-ethyl adjacent to an activating group) is 1. The molecule has 0 bridgehead atoms. The first kappa shape index (κ1) is 15.7. The monoisotopic (exact) mass is 282 g/mol. The van der Waals surface area contributed by atoms with Crippen molar-refractivity contribution >= 4 is 5.91 Å². The highest BCUT2D eigenvalue weighted by molar-refractivity contribution is 5.81. The normalized spacial score (nSPS) is 26.4. The Bertz CT molecular complexity index is 318. The molecule has 0 aromatic rings. The molecule has 2 rings (SSSR count). The predicted molar refractivity (Wildman–Crippen MR) is 81.8 cm³/mol. The highest BCUT2D eigenvalue weighted by atomic mass is 16.2. The first-order valence-electron chi connectivity index (χ1n) is 7.94. The van der Waals surface area contributed by atoms with Crippen LogP contribution in [-0.4, -0.2) is 73.6 Å². The van der Waals surface area contributed by atoms with Crippen molar-refractivity contribution in [3.8, 4) is 0 Å². The Hall–Kier alpha value is -0.650. The first-order valence-corrected chi connectivity index (χ1v) is 7.94. The van der Waals surface area contributed by atoms with Gasteiger partial charge in [0.2, 0.25) is 5.91 Å². The van der Waals surface area contributed by atoms with Crippen molar-refractivity contribution in [1.82, 2.24) is 20.4 Å². The van der Waals surface area contributed by atoms with Crippen LogP contribution in [0.25, 0.3) is 0 Å². The second kappa shape index (κ2) is 6.87. The Morgan fingerprint density at radius 3 is 2.55 bits per heavy atom. The van der Waals surface area contributed by atoms with Crippen LogP contribution in [-0.2, 0) is 4.79 Å². The van der Waals surface area contributed by atoms with Crippen molar-refractivity contribution in [2.75, 3.05) is 46.3 Å². The summed E-state index contributed by atoms with van der Waals surface area (Å²) in [5.74, 6) is 0.173. The van der Waals surface area contributed by atoms with Crippen molar-refractivity contribution in [2.45, 2.75) is 44.7 Å². The van der Waals surface area contributed by atoms with Crippen LogP contribution in [0.3, 0.4) is 0 Å². The van der Waals surface area contributed by atoms with Crippen LogP contribution in [0.4, 0.5) is 0 Å². The first-order chi connectivity index (χ1) is 9.49. The summed E-state index contributed by atoms with van der Waals surface area (Å²) in [6.07, 6.45) is 3.32. The van der Waals surface area contributed by atoms with E-state index in [1.54, 1.807) is 0 Å². The molecule has 0 aromatic heterocycles. The Morgan fingerprint density at radius 1 is 1.25 bits per heavy atom. The molecule has 1 amide bonds. The lowest BCUT2D eigenvalue weighted by Gasteiger charge is -2.43. The standard InChI is InChI=1S/C15H30N4O/c1-15(2,19-10-8-18(3)9-11-19)12-17-14(20)13-6-4-5-7-16-13/h13,16H,4-12H2,1-3H3,(H,17,20)/t13-/m1/s1. The Morgan fingerprint density at radius 2 is 1.95 bits per heavy atom. The third kappa shape index (κ3) is 4.17. The minimum atomic E-state index is 0.0204. The molecular formula is C15H30N4O. The molecule has 2 aliphatic heterocycles. The molecule has 0 saturated carbocycles. The molecule has 5 nitrogen and oxygen atoms in total. The smallest absolute Gasteiger partial charge is 0.237 e. The quantitative estimate of drug-likeness (QED) is 0.777. The fourth-order valence-corrected chi connectivity index (χ4v) is 3.03. The van der Waals surface area contributed by atoms with Gasteiger partial charge in [-0.25, -0.2) is 0 Å². The summed E-state index contributed by atoms with van der Waals surface area (Å²) in [6.45, 7) is 10.6. The number of amides is 1. The van der Waals surface area contributed by atoms with E-state index in [2.05, 4.69) is 41.3 Å². The van der Waals surface area contributed by atoms with Crippen LogP contribution in [0, 0.1) is 0 Å². The minimum Gasteiger partial charge on any atom is -0.353 e. The van der Waals surface area contributed by atoms with Crippen molar-refractivity contribution < 1.29 is 4.79 Å². The number of piperazine rings is 1. The van der Waals surface area contributed by atoms with E-state index in [-0.39, 0.29) is 17.5 Å². The molecule has 0 unspecified atom stereocenters. The average molecular weight is 282 g/mol. The maximum atomic E-state index is 12.2. The summed E-state index contributed by atoms with van der Waals surface area (Å²) in [7, 11) is 2.17. The summed E-state index contributed by atoms with van der Waals surface area (Å²) >= 11 is 0. The summed E-state index contributed by atoms with van der Waals surface area (Å²) in [6, 6.07) is 0.0204. The van der Waals surface area contributed by atoms with Gasteiger partial charge in [-0.05, 0) is 40.3 Å². The molecule has 0 aromatic carbocycles. The molecule has 2 saturated heterocycles. The van der Waals surface area contributed by atoms with E-state index in [1.807, 2.05) is 0 Å². The van der Waals surface area contributed by atoms with Crippen molar-refractivity contribution in [3.05, 3.63) is 0 Å². The van der Waals surface area contributed by atoms with Crippen LogP contribution >= 0.6 is 0 Å². The van der Waals surface area contributed by atoms with E-state index < -0.39 is 0 Å². The predicted octanol–water partition coefficient (Wildman–Crippen LogP) is 0.271. The molecule has 20 heavy (non-hydrogen) atoms. The second-order valence-corrected chi connectivity index (χ2v) is 6.82.